The molecule has 0 bridgehead atoms. The lowest BCUT2D eigenvalue weighted by molar-refractivity contribution is -0.132. The molecule has 1 amide bonds. The van der Waals surface area contributed by atoms with E-state index >= 15 is 0 Å². The molecule has 1 fully saturated rings. The maximum Gasteiger partial charge on any atom is 0.226 e. The molecular weight excluding hydrogens is 248 g/mol. The van der Waals surface area contributed by atoms with Crippen LogP contribution in [0.4, 0.5) is 0 Å². The Kier molecular flexibility index (Phi) is 4.48. The second-order valence-electron chi connectivity index (χ2n) is 6.37. The normalized spacial score (nSPS) is 19.4. The Bertz CT molecular complexity index is 490. The first-order chi connectivity index (χ1) is 9.42. The van der Waals surface area contributed by atoms with Gasteiger partial charge < -0.3 is 10.6 Å². The van der Waals surface area contributed by atoms with E-state index in [1.165, 1.54) is 16.7 Å². The minimum atomic E-state index is -0.225. The fraction of sp³-hybridized carbons (Fsp3) is 0.588. The molecule has 0 aliphatic carbocycles. The van der Waals surface area contributed by atoms with E-state index in [9.17, 15) is 4.79 Å². The van der Waals surface area contributed by atoms with Crippen molar-refractivity contribution in [3.05, 3.63) is 34.9 Å². The Morgan fingerprint density at radius 3 is 2.60 bits per heavy atom. The molecule has 3 nitrogen and oxygen atoms in total. The van der Waals surface area contributed by atoms with Crippen LogP contribution in [0.3, 0.4) is 0 Å². The van der Waals surface area contributed by atoms with E-state index in [4.69, 9.17) is 0 Å². The molecular formula is C17H26N2O. The summed E-state index contributed by atoms with van der Waals surface area (Å²) in [7, 11) is 0. The van der Waals surface area contributed by atoms with Crippen molar-refractivity contribution in [3.63, 3.8) is 0 Å². The predicted molar refractivity (Wildman–Crippen MR) is 82.7 cm³/mol. The third kappa shape index (κ3) is 3.21. The molecule has 20 heavy (non-hydrogen) atoms. The molecule has 0 aromatic heterocycles. The third-order valence-corrected chi connectivity index (χ3v) is 4.50. The van der Waals surface area contributed by atoms with Gasteiger partial charge in [0, 0.05) is 5.41 Å². The minimum absolute atomic E-state index is 0.0640. The monoisotopic (exact) mass is 274 g/mol. The Labute approximate surface area is 122 Å². The molecule has 1 saturated heterocycles. The molecule has 1 aliphatic rings. The van der Waals surface area contributed by atoms with Gasteiger partial charge in [-0.1, -0.05) is 30.7 Å². The average Bonchev–Trinajstić information content (AvgIpc) is 2.42. The smallest absolute Gasteiger partial charge is 0.226 e. The van der Waals surface area contributed by atoms with Crippen LogP contribution in [-0.2, 0) is 4.79 Å². The number of hydrogen-bond acceptors (Lipinski definition) is 2. The number of rotatable bonds is 3. The zero-order chi connectivity index (χ0) is 14.8. The highest BCUT2D eigenvalue weighted by molar-refractivity contribution is 5.82. The predicted octanol–water partition coefficient (Wildman–Crippen LogP) is 2.87. The number of piperidine rings is 1. The first kappa shape index (κ1) is 15.0. The molecule has 1 aromatic rings. The highest BCUT2D eigenvalue weighted by Crippen LogP contribution is 2.29. The van der Waals surface area contributed by atoms with E-state index in [0.717, 1.165) is 25.9 Å². The second-order valence-corrected chi connectivity index (χ2v) is 6.37. The highest BCUT2D eigenvalue weighted by atomic mass is 16.2. The van der Waals surface area contributed by atoms with Crippen LogP contribution in [0.1, 0.15) is 49.4 Å². The van der Waals surface area contributed by atoms with E-state index in [2.05, 4.69) is 56.5 Å². The Morgan fingerprint density at radius 1 is 1.30 bits per heavy atom. The maximum atomic E-state index is 12.6. The molecule has 1 aliphatic heterocycles. The molecule has 110 valence electrons. The van der Waals surface area contributed by atoms with Crippen molar-refractivity contribution < 1.29 is 4.79 Å². The minimum Gasteiger partial charge on any atom is -0.349 e. The Hall–Kier alpha value is -1.35. The van der Waals surface area contributed by atoms with Gasteiger partial charge in [-0.25, -0.2) is 0 Å². The van der Waals surface area contributed by atoms with Gasteiger partial charge in [0.05, 0.1) is 6.04 Å². The van der Waals surface area contributed by atoms with Gasteiger partial charge in [-0.3, -0.25) is 4.79 Å². The lowest BCUT2D eigenvalue weighted by Crippen LogP contribution is -2.46. The number of nitrogens with one attached hydrogen (secondary N) is 2. The number of aryl methyl sites for hydroxylation is 2. The summed E-state index contributed by atoms with van der Waals surface area (Å²) in [5.74, 6) is 0.187. The molecule has 1 atom stereocenters. The summed E-state index contributed by atoms with van der Waals surface area (Å²) < 4.78 is 0. The summed E-state index contributed by atoms with van der Waals surface area (Å²) >= 11 is 0. The summed E-state index contributed by atoms with van der Waals surface area (Å²) in [6.07, 6.45) is 1.83. The SMILES string of the molecule is Cc1ccc(C)c(C(C)NC(=O)C2(C)CCNCC2)c1. The number of hydrogen-bond donors (Lipinski definition) is 2. The van der Waals surface area contributed by atoms with Crippen LogP contribution in [0.25, 0.3) is 0 Å². The van der Waals surface area contributed by atoms with Gasteiger partial charge in [0.25, 0.3) is 0 Å². The van der Waals surface area contributed by atoms with Crippen molar-refractivity contribution in [2.24, 2.45) is 5.41 Å². The van der Waals surface area contributed by atoms with E-state index in [0.29, 0.717) is 0 Å². The summed E-state index contributed by atoms with van der Waals surface area (Å²) in [5, 5.41) is 6.52. The number of benzene rings is 1. The second kappa shape index (κ2) is 5.96. The molecule has 2 N–H and O–H groups in total. The van der Waals surface area contributed by atoms with Crippen LogP contribution in [0.5, 0.6) is 0 Å². The van der Waals surface area contributed by atoms with Gasteiger partial charge in [0.1, 0.15) is 0 Å². The summed E-state index contributed by atoms with van der Waals surface area (Å²) in [6, 6.07) is 6.47. The number of amides is 1. The summed E-state index contributed by atoms with van der Waals surface area (Å²) in [6.45, 7) is 10.2. The van der Waals surface area contributed by atoms with Gasteiger partial charge in [-0.15, -0.1) is 0 Å². The standard InChI is InChI=1S/C17H26N2O/c1-12-5-6-13(2)15(11-12)14(3)19-16(20)17(4)7-9-18-10-8-17/h5-6,11,14,18H,7-10H2,1-4H3,(H,19,20). The van der Waals surface area contributed by atoms with Crippen LogP contribution in [0.15, 0.2) is 18.2 Å². The quantitative estimate of drug-likeness (QED) is 0.890. The molecule has 0 spiro atoms. The third-order valence-electron chi connectivity index (χ3n) is 4.50. The van der Waals surface area contributed by atoms with E-state index in [1.54, 1.807) is 0 Å². The van der Waals surface area contributed by atoms with Crippen molar-refractivity contribution in [1.29, 1.82) is 0 Å². The largest absolute Gasteiger partial charge is 0.349 e. The topological polar surface area (TPSA) is 41.1 Å². The first-order valence-electron chi connectivity index (χ1n) is 7.51. The van der Waals surface area contributed by atoms with Gasteiger partial charge in [-0.2, -0.15) is 0 Å². The van der Waals surface area contributed by atoms with E-state index in [-0.39, 0.29) is 17.4 Å². The lowest BCUT2D eigenvalue weighted by Gasteiger charge is -2.34. The van der Waals surface area contributed by atoms with Crippen molar-refractivity contribution >= 4 is 5.91 Å². The molecule has 1 heterocycles. The van der Waals surface area contributed by atoms with Gasteiger partial charge in [0.15, 0.2) is 0 Å². The first-order valence-corrected chi connectivity index (χ1v) is 7.51. The lowest BCUT2D eigenvalue weighted by atomic mass is 9.80. The molecule has 1 unspecified atom stereocenters. The molecule has 2 rings (SSSR count). The van der Waals surface area contributed by atoms with Crippen molar-refractivity contribution in [1.82, 2.24) is 10.6 Å². The summed E-state index contributed by atoms with van der Waals surface area (Å²) in [4.78, 5) is 12.6. The Morgan fingerprint density at radius 2 is 1.95 bits per heavy atom. The molecule has 1 aromatic carbocycles. The zero-order valence-corrected chi connectivity index (χ0v) is 13.0. The van der Waals surface area contributed by atoms with Crippen LogP contribution in [0, 0.1) is 19.3 Å². The van der Waals surface area contributed by atoms with E-state index < -0.39 is 0 Å². The van der Waals surface area contributed by atoms with Crippen LogP contribution in [-0.4, -0.2) is 19.0 Å². The fourth-order valence-corrected chi connectivity index (χ4v) is 2.88. The van der Waals surface area contributed by atoms with Crippen LogP contribution < -0.4 is 10.6 Å². The van der Waals surface area contributed by atoms with Crippen molar-refractivity contribution in [3.8, 4) is 0 Å². The Balaban J connectivity index is 2.08. The van der Waals surface area contributed by atoms with Gasteiger partial charge in [-0.05, 0) is 57.8 Å². The molecule has 3 heteroatoms. The van der Waals surface area contributed by atoms with Crippen LogP contribution >= 0.6 is 0 Å². The van der Waals surface area contributed by atoms with E-state index in [1.807, 2.05) is 0 Å². The van der Waals surface area contributed by atoms with Gasteiger partial charge >= 0.3 is 0 Å². The summed E-state index contributed by atoms with van der Waals surface area (Å²) in [5.41, 5.74) is 3.46. The fourth-order valence-electron chi connectivity index (χ4n) is 2.88. The number of carbonyl (C=O) groups excluding carboxylic acids is 1. The van der Waals surface area contributed by atoms with Crippen molar-refractivity contribution in [2.45, 2.75) is 46.6 Å². The molecule has 0 saturated carbocycles. The maximum absolute atomic E-state index is 12.6. The highest BCUT2D eigenvalue weighted by Gasteiger charge is 2.35. The number of carbonyl (C=O) groups is 1. The van der Waals surface area contributed by atoms with Gasteiger partial charge in [0.2, 0.25) is 5.91 Å². The zero-order valence-electron chi connectivity index (χ0n) is 13.0. The van der Waals surface area contributed by atoms with Crippen LogP contribution in [0.2, 0.25) is 0 Å². The molecule has 0 radical (unpaired) electrons. The van der Waals surface area contributed by atoms with Crippen molar-refractivity contribution in [2.75, 3.05) is 13.1 Å². The average molecular weight is 274 g/mol.